The highest BCUT2D eigenvalue weighted by Crippen LogP contribution is 2.17. The number of nitrogens with zero attached hydrogens (tertiary/aromatic N) is 3. The number of hydrogen-bond donors (Lipinski definition) is 2. The van der Waals surface area contributed by atoms with Gasteiger partial charge < -0.3 is 10.4 Å². The molecule has 0 aliphatic carbocycles. The molecule has 0 saturated heterocycles. The van der Waals surface area contributed by atoms with Gasteiger partial charge in [-0.1, -0.05) is 0 Å². The van der Waals surface area contributed by atoms with Crippen molar-refractivity contribution >= 4 is 11.5 Å². The Hall–Kier alpha value is -1.62. The average Bonchev–Trinajstić information content (AvgIpc) is 2.55. The Labute approximate surface area is 75.0 Å². The van der Waals surface area contributed by atoms with Crippen molar-refractivity contribution in [1.29, 1.82) is 0 Å². The molecule has 0 fully saturated rings. The van der Waals surface area contributed by atoms with Crippen LogP contribution in [0.3, 0.4) is 0 Å². The second-order valence-corrected chi connectivity index (χ2v) is 2.62. The second-order valence-electron chi connectivity index (χ2n) is 2.62. The molecule has 0 aliphatic rings. The van der Waals surface area contributed by atoms with Crippen molar-refractivity contribution in [2.75, 3.05) is 12.4 Å². The normalized spacial score (nSPS) is 10.6. The largest absolute Gasteiger partial charge is 0.391 e. The Kier molecular flexibility index (Phi) is 1.86. The zero-order chi connectivity index (χ0) is 9.26. The standard InChI is InChI=1S/C8H10N4O/c1-9-7-6(5-13)8-10-3-2-4-12(8)11-7/h2-4,13H,5H2,1H3,(H,9,11). The first-order chi connectivity index (χ1) is 6.36. The van der Waals surface area contributed by atoms with Crippen LogP contribution in [0.25, 0.3) is 5.65 Å². The number of rotatable bonds is 2. The van der Waals surface area contributed by atoms with Gasteiger partial charge in [0.2, 0.25) is 0 Å². The number of anilines is 1. The molecule has 0 aliphatic heterocycles. The van der Waals surface area contributed by atoms with Crippen LogP contribution in [0.4, 0.5) is 5.82 Å². The summed E-state index contributed by atoms with van der Waals surface area (Å²) in [6.07, 6.45) is 3.47. The molecule has 0 radical (unpaired) electrons. The molecule has 13 heavy (non-hydrogen) atoms. The zero-order valence-electron chi connectivity index (χ0n) is 7.23. The van der Waals surface area contributed by atoms with Crippen LogP contribution in [0, 0.1) is 0 Å². The van der Waals surface area contributed by atoms with Crippen molar-refractivity contribution in [3.63, 3.8) is 0 Å². The van der Waals surface area contributed by atoms with Crippen molar-refractivity contribution in [2.45, 2.75) is 6.61 Å². The Morgan fingerprint density at radius 2 is 2.46 bits per heavy atom. The highest BCUT2D eigenvalue weighted by atomic mass is 16.3. The van der Waals surface area contributed by atoms with E-state index >= 15 is 0 Å². The van der Waals surface area contributed by atoms with Crippen LogP contribution in [-0.4, -0.2) is 26.8 Å². The second kappa shape index (κ2) is 3.02. The third kappa shape index (κ3) is 1.13. The Morgan fingerprint density at radius 3 is 3.15 bits per heavy atom. The van der Waals surface area contributed by atoms with Gasteiger partial charge in [-0.15, -0.1) is 5.10 Å². The number of fused-ring (bicyclic) bond motifs is 1. The summed E-state index contributed by atoms with van der Waals surface area (Å²) in [6, 6.07) is 1.79. The summed E-state index contributed by atoms with van der Waals surface area (Å²) >= 11 is 0. The SMILES string of the molecule is CNc1nn2cccnc2c1CO. The molecule has 68 valence electrons. The molecule has 0 unspecified atom stereocenters. The van der Waals surface area contributed by atoms with Crippen LogP contribution in [0.2, 0.25) is 0 Å². The smallest absolute Gasteiger partial charge is 0.162 e. The predicted octanol–water partition coefficient (Wildman–Crippen LogP) is 0.263. The van der Waals surface area contributed by atoms with E-state index < -0.39 is 0 Å². The van der Waals surface area contributed by atoms with Gasteiger partial charge in [0, 0.05) is 19.4 Å². The molecule has 0 amide bonds. The van der Waals surface area contributed by atoms with E-state index in [0.717, 1.165) is 5.56 Å². The molecule has 5 nitrogen and oxygen atoms in total. The maximum atomic E-state index is 9.10. The summed E-state index contributed by atoms with van der Waals surface area (Å²) in [6.45, 7) is -0.0588. The van der Waals surface area contributed by atoms with Gasteiger partial charge in [-0.3, -0.25) is 0 Å². The number of nitrogens with one attached hydrogen (secondary N) is 1. The predicted molar refractivity (Wildman–Crippen MR) is 48.5 cm³/mol. The van der Waals surface area contributed by atoms with Crippen molar-refractivity contribution in [3.8, 4) is 0 Å². The zero-order valence-corrected chi connectivity index (χ0v) is 7.23. The fourth-order valence-corrected chi connectivity index (χ4v) is 1.28. The maximum Gasteiger partial charge on any atom is 0.162 e. The van der Waals surface area contributed by atoms with E-state index in [1.807, 2.05) is 0 Å². The van der Waals surface area contributed by atoms with Gasteiger partial charge in [0.05, 0.1) is 12.2 Å². The first kappa shape index (κ1) is 8.00. The Morgan fingerprint density at radius 1 is 1.62 bits per heavy atom. The van der Waals surface area contributed by atoms with Crippen LogP contribution in [0.1, 0.15) is 5.56 Å². The van der Waals surface area contributed by atoms with Crippen molar-refractivity contribution < 1.29 is 5.11 Å². The van der Waals surface area contributed by atoms with Gasteiger partial charge in [-0.25, -0.2) is 9.50 Å². The lowest BCUT2D eigenvalue weighted by Gasteiger charge is -1.94. The van der Waals surface area contributed by atoms with Gasteiger partial charge in [-0.05, 0) is 6.07 Å². The first-order valence-electron chi connectivity index (χ1n) is 3.97. The summed E-state index contributed by atoms with van der Waals surface area (Å²) < 4.78 is 1.64. The first-order valence-corrected chi connectivity index (χ1v) is 3.97. The molecule has 2 heterocycles. The van der Waals surface area contributed by atoms with E-state index in [2.05, 4.69) is 15.4 Å². The summed E-state index contributed by atoms with van der Waals surface area (Å²) in [4.78, 5) is 4.12. The highest BCUT2D eigenvalue weighted by Gasteiger charge is 2.10. The van der Waals surface area contributed by atoms with Crippen LogP contribution in [0.15, 0.2) is 18.5 Å². The fraction of sp³-hybridized carbons (Fsp3) is 0.250. The summed E-state index contributed by atoms with van der Waals surface area (Å²) in [7, 11) is 1.76. The third-order valence-electron chi connectivity index (χ3n) is 1.89. The molecule has 0 bridgehead atoms. The topological polar surface area (TPSA) is 62.5 Å². The Balaban J connectivity index is 2.73. The van der Waals surface area contributed by atoms with Crippen molar-refractivity contribution in [1.82, 2.24) is 14.6 Å². The number of hydrogen-bond acceptors (Lipinski definition) is 4. The average molecular weight is 178 g/mol. The summed E-state index contributed by atoms with van der Waals surface area (Å²) in [5.41, 5.74) is 1.41. The van der Waals surface area contributed by atoms with Crippen LogP contribution < -0.4 is 5.32 Å². The maximum absolute atomic E-state index is 9.10. The molecule has 5 heteroatoms. The third-order valence-corrected chi connectivity index (χ3v) is 1.89. The van der Waals surface area contributed by atoms with E-state index in [4.69, 9.17) is 5.11 Å². The molecule has 2 N–H and O–H groups in total. The van der Waals surface area contributed by atoms with Gasteiger partial charge in [-0.2, -0.15) is 0 Å². The number of aliphatic hydroxyl groups excluding tert-OH is 1. The van der Waals surface area contributed by atoms with Crippen LogP contribution >= 0.6 is 0 Å². The lowest BCUT2D eigenvalue weighted by molar-refractivity contribution is 0.283. The van der Waals surface area contributed by atoms with Crippen LogP contribution in [-0.2, 0) is 6.61 Å². The van der Waals surface area contributed by atoms with E-state index in [-0.39, 0.29) is 6.61 Å². The van der Waals surface area contributed by atoms with Crippen LogP contribution in [0.5, 0.6) is 0 Å². The molecule has 2 rings (SSSR count). The number of aromatic nitrogens is 3. The summed E-state index contributed by atoms with van der Waals surface area (Å²) in [5, 5.41) is 16.2. The minimum absolute atomic E-state index is 0.0588. The monoisotopic (exact) mass is 178 g/mol. The lowest BCUT2D eigenvalue weighted by atomic mass is 10.3. The van der Waals surface area contributed by atoms with Gasteiger partial charge in [0.15, 0.2) is 11.5 Å². The molecule has 0 aromatic carbocycles. The molecule has 0 saturated carbocycles. The molecular formula is C8H10N4O. The minimum atomic E-state index is -0.0588. The minimum Gasteiger partial charge on any atom is -0.391 e. The Bertz CT molecular complexity index is 423. The van der Waals surface area contributed by atoms with Gasteiger partial charge in [0.25, 0.3) is 0 Å². The number of aliphatic hydroxyl groups is 1. The highest BCUT2D eigenvalue weighted by molar-refractivity contribution is 5.60. The van der Waals surface area contributed by atoms with E-state index in [1.165, 1.54) is 0 Å². The quantitative estimate of drug-likeness (QED) is 0.692. The van der Waals surface area contributed by atoms with Gasteiger partial charge in [0.1, 0.15) is 0 Å². The van der Waals surface area contributed by atoms with E-state index in [9.17, 15) is 0 Å². The molecule has 2 aromatic heterocycles. The summed E-state index contributed by atoms with van der Waals surface area (Å²) in [5.74, 6) is 0.668. The van der Waals surface area contributed by atoms with Gasteiger partial charge >= 0.3 is 0 Å². The molecule has 0 spiro atoms. The molecular weight excluding hydrogens is 168 g/mol. The fourth-order valence-electron chi connectivity index (χ4n) is 1.28. The van der Waals surface area contributed by atoms with E-state index in [1.54, 1.807) is 30.0 Å². The van der Waals surface area contributed by atoms with Crippen molar-refractivity contribution in [2.24, 2.45) is 0 Å². The molecule has 2 aromatic rings. The lowest BCUT2D eigenvalue weighted by Crippen LogP contribution is -1.93. The van der Waals surface area contributed by atoms with Crippen molar-refractivity contribution in [3.05, 3.63) is 24.0 Å². The molecule has 0 atom stereocenters. The van der Waals surface area contributed by atoms with E-state index in [0.29, 0.717) is 11.5 Å².